The van der Waals surface area contributed by atoms with Gasteiger partial charge in [-0.2, -0.15) is 0 Å². The quantitative estimate of drug-likeness (QED) is 0.822. The summed E-state index contributed by atoms with van der Waals surface area (Å²) in [5.74, 6) is -1.35. The summed E-state index contributed by atoms with van der Waals surface area (Å²) in [7, 11) is 0. The molecule has 2 rings (SSSR count). The van der Waals surface area contributed by atoms with Crippen molar-refractivity contribution < 1.29 is 18.7 Å². The Labute approximate surface area is 110 Å². The van der Waals surface area contributed by atoms with Gasteiger partial charge in [0, 0.05) is 24.8 Å². The van der Waals surface area contributed by atoms with Gasteiger partial charge < -0.3 is 15.3 Å². The van der Waals surface area contributed by atoms with E-state index in [0.29, 0.717) is 13.0 Å². The highest BCUT2D eigenvalue weighted by Gasteiger charge is 2.27. The van der Waals surface area contributed by atoms with E-state index in [-0.39, 0.29) is 18.2 Å². The predicted molar refractivity (Wildman–Crippen MR) is 66.7 cm³/mol. The molecule has 6 heteroatoms. The number of β-amino-alcohol motifs (C(OH)–C–C–N with tert-alkyl or cyclic N) is 1. The normalized spacial score (nSPS) is 23.3. The summed E-state index contributed by atoms with van der Waals surface area (Å²) in [6.07, 6.45) is 0.135. The SMILES string of the molecule is CC1CCN(C(=O)Nc2cc(F)cc(F)c2)CC1O. The average Bonchev–Trinajstić information content (AvgIpc) is 2.31. The van der Waals surface area contributed by atoms with Gasteiger partial charge in [-0.25, -0.2) is 13.6 Å². The van der Waals surface area contributed by atoms with Gasteiger partial charge in [-0.05, 0) is 24.5 Å². The first kappa shape index (κ1) is 13.7. The number of benzene rings is 1. The van der Waals surface area contributed by atoms with E-state index in [9.17, 15) is 18.7 Å². The monoisotopic (exact) mass is 270 g/mol. The van der Waals surface area contributed by atoms with E-state index in [1.807, 2.05) is 6.92 Å². The number of nitrogens with zero attached hydrogens (tertiary/aromatic N) is 1. The number of hydrogen-bond acceptors (Lipinski definition) is 2. The molecule has 1 saturated heterocycles. The molecule has 1 heterocycles. The third kappa shape index (κ3) is 3.41. The molecule has 1 aromatic carbocycles. The van der Waals surface area contributed by atoms with E-state index in [1.165, 1.54) is 4.90 Å². The second-order valence-corrected chi connectivity index (χ2v) is 4.87. The van der Waals surface area contributed by atoms with Crippen LogP contribution in [0.15, 0.2) is 18.2 Å². The summed E-state index contributed by atoms with van der Waals surface area (Å²) in [6.45, 7) is 2.66. The molecule has 2 atom stereocenters. The molecule has 1 fully saturated rings. The van der Waals surface area contributed by atoms with Gasteiger partial charge in [0.05, 0.1) is 6.10 Å². The first-order valence-corrected chi connectivity index (χ1v) is 6.16. The summed E-state index contributed by atoms with van der Waals surface area (Å²) < 4.78 is 26.0. The Bertz CT molecular complexity index is 461. The van der Waals surface area contributed by atoms with Crippen LogP contribution in [0.3, 0.4) is 0 Å². The van der Waals surface area contributed by atoms with Crippen molar-refractivity contribution in [2.45, 2.75) is 19.4 Å². The number of carbonyl (C=O) groups is 1. The summed E-state index contributed by atoms with van der Waals surface area (Å²) in [5.41, 5.74) is 0.0654. The maximum Gasteiger partial charge on any atom is 0.321 e. The molecule has 4 nitrogen and oxygen atoms in total. The summed E-state index contributed by atoms with van der Waals surface area (Å²) >= 11 is 0. The zero-order chi connectivity index (χ0) is 14.0. The van der Waals surface area contributed by atoms with Crippen LogP contribution >= 0.6 is 0 Å². The van der Waals surface area contributed by atoms with Gasteiger partial charge in [-0.15, -0.1) is 0 Å². The molecule has 0 spiro atoms. The smallest absolute Gasteiger partial charge is 0.321 e. The minimum absolute atomic E-state index is 0.0654. The molecule has 0 aromatic heterocycles. The lowest BCUT2D eigenvalue weighted by molar-refractivity contribution is 0.0464. The fourth-order valence-electron chi connectivity index (χ4n) is 2.06. The third-order valence-corrected chi connectivity index (χ3v) is 3.32. The predicted octanol–water partition coefficient (Wildman–Crippen LogP) is 2.20. The molecule has 1 aliphatic heterocycles. The second-order valence-electron chi connectivity index (χ2n) is 4.87. The molecule has 1 aliphatic rings. The highest BCUT2D eigenvalue weighted by Crippen LogP contribution is 2.19. The number of amides is 2. The molecule has 0 radical (unpaired) electrons. The number of aliphatic hydroxyl groups is 1. The standard InChI is InChI=1S/C13H16F2N2O2/c1-8-2-3-17(7-12(8)18)13(19)16-11-5-9(14)4-10(15)6-11/h4-6,8,12,18H,2-3,7H2,1H3,(H,16,19). The molecule has 1 aromatic rings. The van der Waals surface area contributed by atoms with Crippen molar-refractivity contribution in [3.8, 4) is 0 Å². The number of aliphatic hydroxyl groups excluding tert-OH is 1. The Balaban J connectivity index is 2.01. The Hall–Kier alpha value is -1.69. The molecule has 2 N–H and O–H groups in total. The molecular weight excluding hydrogens is 254 g/mol. The number of piperidine rings is 1. The summed E-state index contributed by atoms with van der Waals surface area (Å²) in [4.78, 5) is 13.3. The Morgan fingerprint density at radius 2 is 2.00 bits per heavy atom. The van der Waals surface area contributed by atoms with E-state index < -0.39 is 23.8 Å². The summed E-state index contributed by atoms with van der Waals surface area (Å²) in [5, 5.41) is 12.1. The first-order valence-electron chi connectivity index (χ1n) is 6.16. The van der Waals surface area contributed by atoms with Gasteiger partial charge in [0.25, 0.3) is 0 Å². The second kappa shape index (κ2) is 5.52. The van der Waals surface area contributed by atoms with Gasteiger partial charge in [0.1, 0.15) is 11.6 Å². The summed E-state index contributed by atoms with van der Waals surface area (Å²) in [6, 6.07) is 2.37. The number of halogens is 2. The fourth-order valence-corrected chi connectivity index (χ4v) is 2.06. The van der Waals surface area contributed by atoms with E-state index in [4.69, 9.17) is 0 Å². The van der Waals surface area contributed by atoms with Gasteiger partial charge in [0.2, 0.25) is 0 Å². The number of carbonyl (C=O) groups excluding carboxylic acids is 1. The van der Waals surface area contributed by atoms with Crippen molar-refractivity contribution in [1.82, 2.24) is 4.90 Å². The van der Waals surface area contributed by atoms with Crippen LogP contribution in [0.1, 0.15) is 13.3 Å². The number of rotatable bonds is 1. The van der Waals surface area contributed by atoms with Crippen molar-refractivity contribution >= 4 is 11.7 Å². The molecule has 19 heavy (non-hydrogen) atoms. The molecule has 2 amide bonds. The lowest BCUT2D eigenvalue weighted by atomic mass is 9.96. The number of hydrogen-bond donors (Lipinski definition) is 2. The number of nitrogens with one attached hydrogen (secondary N) is 1. The highest BCUT2D eigenvalue weighted by atomic mass is 19.1. The largest absolute Gasteiger partial charge is 0.391 e. The average molecular weight is 270 g/mol. The Morgan fingerprint density at radius 1 is 1.37 bits per heavy atom. The third-order valence-electron chi connectivity index (χ3n) is 3.32. The van der Waals surface area contributed by atoms with Crippen LogP contribution < -0.4 is 5.32 Å². The molecule has 0 aliphatic carbocycles. The zero-order valence-electron chi connectivity index (χ0n) is 10.6. The van der Waals surface area contributed by atoms with Gasteiger partial charge in [-0.1, -0.05) is 6.92 Å². The zero-order valence-corrected chi connectivity index (χ0v) is 10.6. The van der Waals surface area contributed by atoms with Crippen LogP contribution in [0.4, 0.5) is 19.3 Å². The van der Waals surface area contributed by atoms with Gasteiger partial charge >= 0.3 is 6.03 Å². The van der Waals surface area contributed by atoms with Crippen LogP contribution in [-0.4, -0.2) is 35.2 Å². The number of anilines is 1. The molecule has 104 valence electrons. The lowest BCUT2D eigenvalue weighted by Crippen LogP contribution is -2.47. The number of urea groups is 1. The van der Waals surface area contributed by atoms with Crippen molar-refractivity contribution in [1.29, 1.82) is 0 Å². The minimum Gasteiger partial charge on any atom is -0.391 e. The molecule has 0 bridgehead atoms. The van der Waals surface area contributed by atoms with E-state index >= 15 is 0 Å². The van der Waals surface area contributed by atoms with Crippen LogP contribution in [0.2, 0.25) is 0 Å². The van der Waals surface area contributed by atoms with E-state index in [2.05, 4.69) is 5.32 Å². The fraction of sp³-hybridized carbons (Fsp3) is 0.462. The van der Waals surface area contributed by atoms with Crippen LogP contribution in [0, 0.1) is 17.6 Å². The maximum atomic E-state index is 13.0. The van der Waals surface area contributed by atoms with Gasteiger partial charge in [-0.3, -0.25) is 0 Å². The van der Waals surface area contributed by atoms with Crippen molar-refractivity contribution in [3.05, 3.63) is 29.8 Å². The molecule has 0 saturated carbocycles. The van der Waals surface area contributed by atoms with E-state index in [1.54, 1.807) is 0 Å². The molecule has 2 unspecified atom stereocenters. The van der Waals surface area contributed by atoms with Crippen molar-refractivity contribution in [2.75, 3.05) is 18.4 Å². The van der Waals surface area contributed by atoms with Crippen LogP contribution in [-0.2, 0) is 0 Å². The van der Waals surface area contributed by atoms with E-state index in [0.717, 1.165) is 18.2 Å². The Kier molecular flexibility index (Phi) is 3.99. The highest BCUT2D eigenvalue weighted by molar-refractivity contribution is 5.89. The lowest BCUT2D eigenvalue weighted by Gasteiger charge is -2.34. The van der Waals surface area contributed by atoms with Crippen LogP contribution in [0.25, 0.3) is 0 Å². The van der Waals surface area contributed by atoms with Gasteiger partial charge in [0.15, 0.2) is 0 Å². The van der Waals surface area contributed by atoms with Crippen molar-refractivity contribution in [3.63, 3.8) is 0 Å². The maximum absolute atomic E-state index is 13.0. The topological polar surface area (TPSA) is 52.6 Å². The number of likely N-dealkylation sites (tertiary alicyclic amines) is 1. The van der Waals surface area contributed by atoms with Crippen molar-refractivity contribution in [2.24, 2.45) is 5.92 Å². The van der Waals surface area contributed by atoms with Crippen LogP contribution in [0.5, 0.6) is 0 Å². The first-order chi connectivity index (χ1) is 8.95. The Morgan fingerprint density at radius 3 is 2.58 bits per heavy atom. The minimum atomic E-state index is -0.748. The molecular formula is C13H16F2N2O2.